The molecular formula is C21H33N7. The van der Waals surface area contributed by atoms with E-state index in [-0.39, 0.29) is 5.57 Å². The van der Waals surface area contributed by atoms with Crippen LogP contribution in [0.4, 0.5) is 0 Å². The van der Waals surface area contributed by atoms with E-state index in [0.29, 0.717) is 0 Å². The van der Waals surface area contributed by atoms with Gasteiger partial charge in [-0.3, -0.25) is 9.80 Å². The molecule has 3 rings (SSSR count). The number of likely N-dealkylation sites (N-methyl/N-ethyl adjacent to an activating group) is 1. The SMILES string of the molecule is CN1CCN(CCN2CCN(CCCN3CC=CCC3)C2=C(C#N)C#N)CC1. The lowest BCUT2D eigenvalue weighted by atomic mass is 10.2. The van der Waals surface area contributed by atoms with Gasteiger partial charge in [0.1, 0.15) is 18.0 Å². The molecule has 0 atom stereocenters. The number of nitriles is 2. The molecule has 7 heteroatoms. The van der Waals surface area contributed by atoms with Gasteiger partial charge in [-0.2, -0.15) is 10.5 Å². The summed E-state index contributed by atoms with van der Waals surface area (Å²) in [5, 5.41) is 19.0. The summed E-state index contributed by atoms with van der Waals surface area (Å²) < 4.78 is 0. The Morgan fingerprint density at radius 2 is 1.54 bits per heavy atom. The lowest BCUT2D eigenvalue weighted by Gasteiger charge is -2.34. The van der Waals surface area contributed by atoms with Crippen LogP contribution in [0.15, 0.2) is 23.5 Å². The third kappa shape index (κ3) is 5.48. The Labute approximate surface area is 169 Å². The molecule has 0 radical (unpaired) electrons. The molecule has 3 heterocycles. The molecule has 0 aliphatic carbocycles. The molecule has 0 bridgehead atoms. The van der Waals surface area contributed by atoms with Gasteiger partial charge in [0, 0.05) is 78.5 Å². The summed E-state index contributed by atoms with van der Waals surface area (Å²) in [4.78, 5) is 11.8. The molecule has 0 aromatic rings. The highest BCUT2D eigenvalue weighted by Crippen LogP contribution is 2.22. The summed E-state index contributed by atoms with van der Waals surface area (Å²) in [6.45, 7) is 12.3. The first-order valence-electron chi connectivity index (χ1n) is 10.5. The highest BCUT2D eigenvalue weighted by molar-refractivity contribution is 5.40. The van der Waals surface area contributed by atoms with Crippen molar-refractivity contribution in [3.8, 4) is 12.1 Å². The van der Waals surface area contributed by atoms with Crippen LogP contribution in [0.3, 0.4) is 0 Å². The van der Waals surface area contributed by atoms with Crippen molar-refractivity contribution in [3.05, 3.63) is 23.5 Å². The quantitative estimate of drug-likeness (QED) is 0.475. The minimum absolute atomic E-state index is 0.261. The second-order valence-electron chi connectivity index (χ2n) is 7.96. The summed E-state index contributed by atoms with van der Waals surface area (Å²) in [6, 6.07) is 4.27. The third-order valence-electron chi connectivity index (χ3n) is 6.01. The molecular weight excluding hydrogens is 350 g/mol. The maximum Gasteiger partial charge on any atom is 0.169 e. The van der Waals surface area contributed by atoms with Crippen molar-refractivity contribution in [2.45, 2.75) is 12.8 Å². The highest BCUT2D eigenvalue weighted by Gasteiger charge is 2.28. The fourth-order valence-electron chi connectivity index (χ4n) is 4.24. The van der Waals surface area contributed by atoms with Gasteiger partial charge in [0.05, 0.1) is 0 Å². The Hall–Kier alpha value is -2.06. The summed E-state index contributed by atoms with van der Waals surface area (Å²) in [5.41, 5.74) is 0.261. The van der Waals surface area contributed by atoms with Crippen molar-refractivity contribution < 1.29 is 0 Å². The topological polar surface area (TPSA) is 63.8 Å². The fraction of sp³-hybridized carbons (Fsp3) is 0.714. The smallest absolute Gasteiger partial charge is 0.169 e. The molecule has 3 aliphatic rings. The number of allylic oxidation sites excluding steroid dienone is 1. The van der Waals surface area contributed by atoms with E-state index in [4.69, 9.17) is 0 Å². The maximum atomic E-state index is 9.48. The zero-order chi connectivity index (χ0) is 19.8. The number of hydrogen-bond acceptors (Lipinski definition) is 7. The summed E-state index contributed by atoms with van der Waals surface area (Å²) in [5.74, 6) is 0.859. The van der Waals surface area contributed by atoms with Crippen LogP contribution in [0.25, 0.3) is 0 Å². The van der Waals surface area contributed by atoms with Gasteiger partial charge in [0.25, 0.3) is 0 Å². The molecule has 152 valence electrons. The average molecular weight is 384 g/mol. The van der Waals surface area contributed by atoms with Crippen molar-refractivity contribution in [2.75, 3.05) is 85.6 Å². The monoisotopic (exact) mass is 383 g/mol. The van der Waals surface area contributed by atoms with Gasteiger partial charge in [0.15, 0.2) is 5.57 Å². The Kier molecular flexibility index (Phi) is 7.73. The molecule has 7 nitrogen and oxygen atoms in total. The first-order valence-corrected chi connectivity index (χ1v) is 10.5. The molecule has 0 aromatic carbocycles. The molecule has 2 saturated heterocycles. The van der Waals surface area contributed by atoms with E-state index in [9.17, 15) is 10.5 Å². The van der Waals surface area contributed by atoms with E-state index in [1.54, 1.807) is 0 Å². The maximum absolute atomic E-state index is 9.48. The number of rotatable bonds is 7. The van der Waals surface area contributed by atoms with Crippen LogP contribution in [0.5, 0.6) is 0 Å². The van der Waals surface area contributed by atoms with Gasteiger partial charge < -0.3 is 14.7 Å². The number of hydrogen-bond donors (Lipinski definition) is 0. The Balaban J connectivity index is 1.54. The van der Waals surface area contributed by atoms with E-state index in [1.165, 1.54) is 0 Å². The largest absolute Gasteiger partial charge is 0.355 e. The van der Waals surface area contributed by atoms with Crippen LogP contribution in [0.1, 0.15) is 12.8 Å². The first kappa shape index (κ1) is 20.7. The van der Waals surface area contributed by atoms with E-state index >= 15 is 0 Å². The second kappa shape index (κ2) is 10.5. The van der Waals surface area contributed by atoms with Crippen molar-refractivity contribution in [2.24, 2.45) is 0 Å². The minimum Gasteiger partial charge on any atom is -0.355 e. The molecule has 3 aliphatic heterocycles. The molecule has 0 spiro atoms. The molecule has 0 aromatic heterocycles. The summed E-state index contributed by atoms with van der Waals surface area (Å²) >= 11 is 0. The van der Waals surface area contributed by atoms with Crippen LogP contribution in [0.2, 0.25) is 0 Å². The van der Waals surface area contributed by atoms with Crippen molar-refractivity contribution >= 4 is 0 Å². The van der Waals surface area contributed by atoms with E-state index in [0.717, 1.165) is 97.2 Å². The summed E-state index contributed by atoms with van der Waals surface area (Å²) in [7, 11) is 2.17. The van der Waals surface area contributed by atoms with Gasteiger partial charge in [-0.15, -0.1) is 0 Å². The van der Waals surface area contributed by atoms with Crippen molar-refractivity contribution in [1.29, 1.82) is 10.5 Å². The van der Waals surface area contributed by atoms with Crippen molar-refractivity contribution in [1.82, 2.24) is 24.5 Å². The van der Waals surface area contributed by atoms with E-state index < -0.39 is 0 Å². The lowest BCUT2D eigenvalue weighted by Crippen LogP contribution is -2.46. The minimum atomic E-state index is 0.261. The van der Waals surface area contributed by atoms with E-state index in [2.05, 4.69) is 55.8 Å². The average Bonchev–Trinajstić information content (AvgIpc) is 3.12. The standard InChI is InChI=1S/C21H33N7/c1-24-10-12-26(13-11-24)14-15-28-17-16-27(21(28)20(18-22)19-23)9-5-8-25-6-3-2-4-7-25/h2-3H,4-17H2,1H3. The third-order valence-corrected chi connectivity index (χ3v) is 6.01. The van der Waals surface area contributed by atoms with Crippen LogP contribution in [-0.4, -0.2) is 110 Å². The predicted molar refractivity (Wildman–Crippen MR) is 110 cm³/mol. The van der Waals surface area contributed by atoms with E-state index in [1.807, 2.05) is 0 Å². The first-order chi connectivity index (χ1) is 13.7. The Bertz CT molecular complexity index is 633. The molecule has 0 saturated carbocycles. The van der Waals surface area contributed by atoms with Crippen molar-refractivity contribution in [3.63, 3.8) is 0 Å². The van der Waals surface area contributed by atoms with Crippen LogP contribution >= 0.6 is 0 Å². The van der Waals surface area contributed by atoms with Gasteiger partial charge in [-0.05, 0) is 19.9 Å². The van der Waals surface area contributed by atoms with Gasteiger partial charge >= 0.3 is 0 Å². The van der Waals surface area contributed by atoms with Gasteiger partial charge in [-0.1, -0.05) is 12.2 Å². The fourth-order valence-corrected chi connectivity index (χ4v) is 4.24. The van der Waals surface area contributed by atoms with Gasteiger partial charge in [-0.25, -0.2) is 0 Å². The Morgan fingerprint density at radius 3 is 2.18 bits per heavy atom. The normalized spacial score (nSPS) is 21.8. The second-order valence-corrected chi connectivity index (χ2v) is 7.96. The molecule has 0 amide bonds. The molecule has 28 heavy (non-hydrogen) atoms. The molecule has 2 fully saturated rings. The number of nitrogens with zero attached hydrogens (tertiary/aromatic N) is 7. The summed E-state index contributed by atoms with van der Waals surface area (Å²) in [6.07, 6.45) is 6.70. The predicted octanol–water partition coefficient (Wildman–Crippen LogP) is 0.762. The zero-order valence-electron chi connectivity index (χ0n) is 17.2. The van der Waals surface area contributed by atoms with Crippen LogP contribution in [-0.2, 0) is 0 Å². The van der Waals surface area contributed by atoms with Crippen LogP contribution in [0, 0.1) is 22.7 Å². The zero-order valence-corrected chi connectivity index (χ0v) is 17.2. The molecule has 0 unspecified atom stereocenters. The van der Waals surface area contributed by atoms with Crippen LogP contribution < -0.4 is 0 Å². The molecule has 0 N–H and O–H groups in total. The Morgan fingerprint density at radius 1 is 0.821 bits per heavy atom. The highest BCUT2D eigenvalue weighted by atomic mass is 15.4. The lowest BCUT2D eigenvalue weighted by molar-refractivity contribution is 0.143. The van der Waals surface area contributed by atoms with Gasteiger partial charge in [0.2, 0.25) is 0 Å². The number of piperazine rings is 1.